The second-order valence-electron chi connectivity index (χ2n) is 6.17. The second-order valence-corrected chi connectivity index (χ2v) is 6.17. The monoisotopic (exact) mass is 338 g/mol. The van der Waals surface area contributed by atoms with E-state index in [2.05, 4.69) is 30.3 Å². The summed E-state index contributed by atoms with van der Waals surface area (Å²) in [6.07, 6.45) is 0. The van der Waals surface area contributed by atoms with Gasteiger partial charge in [0.1, 0.15) is 5.75 Å². The predicted octanol–water partition coefficient (Wildman–Crippen LogP) is 6.10. The standard InChI is InChI=1S/C24H18O2/c1-17(25)26-23-16-22(18-10-4-2-5-11-18)24(19-12-6-3-7-13-19)21-15-9-8-14-20(21)23/h2-16H,1H3. The van der Waals surface area contributed by atoms with Gasteiger partial charge in [0.15, 0.2) is 0 Å². The molecule has 0 amide bonds. The first kappa shape index (κ1) is 16.1. The molecule has 4 rings (SSSR count). The van der Waals surface area contributed by atoms with Crippen LogP contribution in [0.1, 0.15) is 6.92 Å². The average molecular weight is 338 g/mol. The second kappa shape index (κ2) is 6.85. The Labute approximate surface area is 152 Å². The summed E-state index contributed by atoms with van der Waals surface area (Å²) in [4.78, 5) is 11.6. The molecule has 0 aliphatic heterocycles. The molecule has 0 saturated heterocycles. The van der Waals surface area contributed by atoms with Crippen molar-refractivity contribution in [1.29, 1.82) is 0 Å². The van der Waals surface area contributed by atoms with E-state index in [4.69, 9.17) is 4.74 Å². The smallest absolute Gasteiger partial charge is 0.308 e. The molecule has 0 N–H and O–H groups in total. The van der Waals surface area contributed by atoms with E-state index in [0.717, 1.165) is 33.0 Å². The lowest BCUT2D eigenvalue weighted by atomic mass is 9.89. The van der Waals surface area contributed by atoms with Crippen LogP contribution in [-0.4, -0.2) is 5.97 Å². The first-order valence-corrected chi connectivity index (χ1v) is 8.59. The van der Waals surface area contributed by atoms with Crippen molar-refractivity contribution in [2.45, 2.75) is 6.92 Å². The molecule has 2 heteroatoms. The summed E-state index contributed by atoms with van der Waals surface area (Å²) in [5.41, 5.74) is 4.41. The Morgan fingerprint density at radius 3 is 1.85 bits per heavy atom. The Kier molecular flexibility index (Phi) is 4.24. The molecule has 0 aliphatic carbocycles. The molecule has 0 aliphatic rings. The molecule has 0 unspecified atom stereocenters. The van der Waals surface area contributed by atoms with Crippen molar-refractivity contribution in [3.63, 3.8) is 0 Å². The number of hydrogen-bond acceptors (Lipinski definition) is 2. The van der Waals surface area contributed by atoms with Crippen LogP contribution in [-0.2, 0) is 4.79 Å². The highest BCUT2D eigenvalue weighted by atomic mass is 16.5. The summed E-state index contributed by atoms with van der Waals surface area (Å²) in [6, 6.07) is 30.5. The molecular weight excluding hydrogens is 320 g/mol. The van der Waals surface area contributed by atoms with Gasteiger partial charge in [-0.2, -0.15) is 0 Å². The zero-order valence-electron chi connectivity index (χ0n) is 14.5. The quantitative estimate of drug-likeness (QED) is 0.333. The number of rotatable bonds is 3. The zero-order chi connectivity index (χ0) is 17.9. The molecule has 0 aromatic heterocycles. The highest BCUT2D eigenvalue weighted by molar-refractivity contribution is 6.07. The third-order valence-electron chi connectivity index (χ3n) is 4.41. The Hall–Kier alpha value is -3.39. The molecule has 126 valence electrons. The lowest BCUT2D eigenvalue weighted by molar-refractivity contribution is -0.131. The molecule has 0 saturated carbocycles. The van der Waals surface area contributed by atoms with Gasteiger partial charge >= 0.3 is 5.97 Å². The highest BCUT2D eigenvalue weighted by Gasteiger charge is 2.16. The lowest BCUT2D eigenvalue weighted by Crippen LogP contribution is -2.03. The fraction of sp³-hybridized carbons (Fsp3) is 0.0417. The highest BCUT2D eigenvalue weighted by Crippen LogP contribution is 2.42. The first-order chi connectivity index (χ1) is 12.7. The van der Waals surface area contributed by atoms with Crippen LogP contribution in [0, 0.1) is 0 Å². The van der Waals surface area contributed by atoms with Gasteiger partial charge in [0.05, 0.1) is 0 Å². The van der Waals surface area contributed by atoms with Crippen LogP contribution in [0.5, 0.6) is 5.75 Å². The average Bonchev–Trinajstić information content (AvgIpc) is 2.69. The number of carbonyl (C=O) groups is 1. The topological polar surface area (TPSA) is 26.3 Å². The minimum Gasteiger partial charge on any atom is -0.426 e. The van der Waals surface area contributed by atoms with Crippen LogP contribution in [0.3, 0.4) is 0 Å². The van der Waals surface area contributed by atoms with E-state index in [1.807, 2.05) is 60.7 Å². The number of hydrogen-bond donors (Lipinski definition) is 0. The third-order valence-corrected chi connectivity index (χ3v) is 4.41. The largest absolute Gasteiger partial charge is 0.426 e. The molecule has 4 aromatic carbocycles. The van der Waals surface area contributed by atoms with E-state index < -0.39 is 0 Å². The molecule has 2 nitrogen and oxygen atoms in total. The van der Waals surface area contributed by atoms with Gasteiger partial charge < -0.3 is 4.74 Å². The van der Waals surface area contributed by atoms with Crippen LogP contribution in [0.2, 0.25) is 0 Å². The van der Waals surface area contributed by atoms with Crippen molar-refractivity contribution in [2.75, 3.05) is 0 Å². The van der Waals surface area contributed by atoms with Crippen LogP contribution < -0.4 is 4.74 Å². The third kappa shape index (κ3) is 2.98. The van der Waals surface area contributed by atoms with E-state index in [1.54, 1.807) is 0 Å². The molecule has 0 fully saturated rings. The van der Waals surface area contributed by atoms with Gasteiger partial charge in [-0.3, -0.25) is 4.79 Å². The maximum Gasteiger partial charge on any atom is 0.308 e. The summed E-state index contributed by atoms with van der Waals surface area (Å²) >= 11 is 0. The minimum atomic E-state index is -0.318. The van der Waals surface area contributed by atoms with Gasteiger partial charge in [0.25, 0.3) is 0 Å². The van der Waals surface area contributed by atoms with Crippen molar-refractivity contribution in [2.24, 2.45) is 0 Å². The van der Waals surface area contributed by atoms with Gasteiger partial charge in [-0.15, -0.1) is 0 Å². The molecule has 0 radical (unpaired) electrons. The number of ether oxygens (including phenoxy) is 1. The van der Waals surface area contributed by atoms with Crippen LogP contribution in [0.15, 0.2) is 91.0 Å². The van der Waals surface area contributed by atoms with E-state index in [9.17, 15) is 4.79 Å². The molecule has 0 bridgehead atoms. The van der Waals surface area contributed by atoms with Gasteiger partial charge in [-0.1, -0.05) is 84.9 Å². The first-order valence-electron chi connectivity index (χ1n) is 8.59. The van der Waals surface area contributed by atoms with Crippen LogP contribution in [0.25, 0.3) is 33.0 Å². The Bertz CT molecular complexity index is 1070. The summed E-state index contributed by atoms with van der Waals surface area (Å²) in [5.74, 6) is 0.272. The van der Waals surface area contributed by atoms with Crippen LogP contribution in [0.4, 0.5) is 0 Å². The zero-order valence-corrected chi connectivity index (χ0v) is 14.5. The van der Waals surface area contributed by atoms with Crippen molar-refractivity contribution < 1.29 is 9.53 Å². The summed E-state index contributed by atoms with van der Waals surface area (Å²) < 4.78 is 5.54. The molecular formula is C24H18O2. The van der Waals surface area contributed by atoms with Crippen molar-refractivity contribution in [1.82, 2.24) is 0 Å². The Morgan fingerprint density at radius 2 is 1.23 bits per heavy atom. The normalized spacial score (nSPS) is 10.7. The van der Waals surface area contributed by atoms with Gasteiger partial charge in [-0.05, 0) is 33.7 Å². The molecule has 0 spiro atoms. The van der Waals surface area contributed by atoms with Crippen molar-refractivity contribution in [3.05, 3.63) is 91.0 Å². The van der Waals surface area contributed by atoms with Gasteiger partial charge in [0, 0.05) is 12.3 Å². The number of fused-ring (bicyclic) bond motifs is 1. The molecule has 4 aromatic rings. The molecule has 26 heavy (non-hydrogen) atoms. The fourth-order valence-corrected chi connectivity index (χ4v) is 3.34. The number of benzene rings is 4. The molecule has 0 atom stereocenters. The van der Waals surface area contributed by atoms with E-state index in [0.29, 0.717) is 5.75 Å². The van der Waals surface area contributed by atoms with Crippen molar-refractivity contribution in [3.8, 4) is 28.0 Å². The summed E-state index contributed by atoms with van der Waals surface area (Å²) in [5, 5.41) is 2.00. The maximum atomic E-state index is 11.6. The van der Waals surface area contributed by atoms with E-state index in [-0.39, 0.29) is 5.97 Å². The SMILES string of the molecule is CC(=O)Oc1cc(-c2ccccc2)c(-c2ccccc2)c2ccccc12. The summed E-state index contributed by atoms with van der Waals surface area (Å²) in [6.45, 7) is 1.43. The lowest BCUT2D eigenvalue weighted by Gasteiger charge is -2.17. The number of esters is 1. The maximum absolute atomic E-state index is 11.6. The Morgan fingerprint density at radius 1 is 0.692 bits per heavy atom. The van der Waals surface area contributed by atoms with Gasteiger partial charge in [-0.25, -0.2) is 0 Å². The molecule has 0 heterocycles. The van der Waals surface area contributed by atoms with Crippen LogP contribution >= 0.6 is 0 Å². The number of carbonyl (C=O) groups excluding carboxylic acids is 1. The fourth-order valence-electron chi connectivity index (χ4n) is 3.34. The summed E-state index contributed by atoms with van der Waals surface area (Å²) in [7, 11) is 0. The Balaban J connectivity index is 2.11. The van der Waals surface area contributed by atoms with Crippen molar-refractivity contribution >= 4 is 16.7 Å². The predicted molar refractivity (Wildman–Crippen MR) is 106 cm³/mol. The van der Waals surface area contributed by atoms with Gasteiger partial charge in [0.2, 0.25) is 0 Å². The van der Waals surface area contributed by atoms with E-state index in [1.165, 1.54) is 6.92 Å². The van der Waals surface area contributed by atoms with E-state index >= 15 is 0 Å². The minimum absolute atomic E-state index is 0.318.